The highest BCUT2D eigenvalue weighted by atomic mass is 16.5. The van der Waals surface area contributed by atoms with Crippen molar-refractivity contribution in [2.45, 2.75) is 5.92 Å². The molecule has 0 aliphatic carbocycles. The fourth-order valence-corrected chi connectivity index (χ4v) is 3.64. The molecule has 0 bridgehead atoms. The van der Waals surface area contributed by atoms with Crippen LogP contribution < -0.4 is 4.74 Å². The van der Waals surface area contributed by atoms with Crippen LogP contribution in [-0.2, 0) is 9.53 Å². The summed E-state index contributed by atoms with van der Waals surface area (Å²) in [6.07, 6.45) is 0. The summed E-state index contributed by atoms with van der Waals surface area (Å²) in [7, 11) is 2.91. The largest absolute Gasteiger partial charge is 0.497 e. The van der Waals surface area contributed by atoms with E-state index in [0.717, 1.165) is 27.9 Å². The summed E-state index contributed by atoms with van der Waals surface area (Å²) in [5.74, 6) is -1.29. The first kappa shape index (κ1) is 15.4. The van der Waals surface area contributed by atoms with Crippen LogP contribution in [0.3, 0.4) is 0 Å². The number of carbonyl (C=O) groups excluding carboxylic acids is 2. The van der Waals surface area contributed by atoms with Gasteiger partial charge in [0, 0.05) is 17.0 Å². The average molecular weight is 335 g/mol. The highest BCUT2D eigenvalue weighted by Gasteiger charge is 2.47. The molecule has 0 saturated carbocycles. The minimum Gasteiger partial charge on any atom is -0.497 e. The number of hydrogen-bond acceptors (Lipinski definition) is 4. The minimum atomic E-state index is -0.877. The lowest BCUT2D eigenvalue weighted by Crippen LogP contribution is -2.27. The highest BCUT2D eigenvalue weighted by Crippen LogP contribution is 2.43. The second-order valence-electron chi connectivity index (χ2n) is 6.05. The third kappa shape index (κ3) is 2.23. The quantitative estimate of drug-likeness (QED) is 0.545. The maximum absolute atomic E-state index is 13.0. The number of nitrogens with zero attached hydrogens (tertiary/aromatic N) is 1. The summed E-state index contributed by atoms with van der Waals surface area (Å²) in [6, 6.07) is 17.1. The fraction of sp³-hybridized carbons (Fsp3) is 0.200. The van der Waals surface area contributed by atoms with Crippen molar-refractivity contribution in [3.63, 3.8) is 0 Å². The van der Waals surface area contributed by atoms with Crippen molar-refractivity contribution in [2.24, 2.45) is 5.92 Å². The lowest BCUT2D eigenvalue weighted by Gasteiger charge is -2.16. The van der Waals surface area contributed by atoms with Crippen molar-refractivity contribution in [3.8, 4) is 5.75 Å². The number of para-hydroxylation sites is 1. The predicted molar refractivity (Wildman–Crippen MR) is 92.9 cm³/mol. The highest BCUT2D eigenvalue weighted by molar-refractivity contribution is 6.08. The van der Waals surface area contributed by atoms with Gasteiger partial charge in [0.05, 0.1) is 19.7 Å². The number of benzene rings is 2. The summed E-state index contributed by atoms with van der Waals surface area (Å²) in [6.45, 7) is 0. The minimum absolute atomic E-state index is 0.246. The van der Waals surface area contributed by atoms with Crippen LogP contribution >= 0.6 is 0 Å². The topological polar surface area (TPSA) is 57.5 Å². The summed E-state index contributed by atoms with van der Waals surface area (Å²) in [5, 5.41) is 0.979. The molecule has 0 amide bonds. The Morgan fingerprint density at radius 2 is 1.76 bits per heavy atom. The molecule has 1 aliphatic rings. The zero-order valence-corrected chi connectivity index (χ0v) is 13.9. The van der Waals surface area contributed by atoms with E-state index in [4.69, 9.17) is 9.47 Å². The molecule has 1 aliphatic heterocycles. The van der Waals surface area contributed by atoms with Gasteiger partial charge in [-0.15, -0.1) is 0 Å². The molecule has 25 heavy (non-hydrogen) atoms. The van der Waals surface area contributed by atoms with E-state index in [1.807, 2.05) is 54.6 Å². The molecule has 5 nitrogen and oxygen atoms in total. The van der Waals surface area contributed by atoms with Crippen LogP contribution in [0.1, 0.15) is 22.0 Å². The number of rotatable bonds is 3. The van der Waals surface area contributed by atoms with Crippen molar-refractivity contribution in [2.75, 3.05) is 14.2 Å². The van der Waals surface area contributed by atoms with Crippen LogP contribution in [-0.4, -0.2) is 30.7 Å². The molecule has 0 saturated heterocycles. The second kappa shape index (κ2) is 5.77. The zero-order valence-electron chi connectivity index (χ0n) is 13.9. The van der Waals surface area contributed by atoms with Gasteiger partial charge in [-0.3, -0.25) is 14.2 Å². The molecular weight excluding hydrogens is 318 g/mol. The van der Waals surface area contributed by atoms with E-state index >= 15 is 0 Å². The van der Waals surface area contributed by atoms with Crippen LogP contribution in [0.25, 0.3) is 10.9 Å². The Hall–Kier alpha value is -3.08. The van der Waals surface area contributed by atoms with Gasteiger partial charge in [-0.2, -0.15) is 0 Å². The van der Waals surface area contributed by atoms with Crippen LogP contribution in [0, 0.1) is 5.92 Å². The predicted octanol–water partition coefficient (Wildman–Crippen LogP) is 3.22. The summed E-state index contributed by atoms with van der Waals surface area (Å²) >= 11 is 0. The first-order chi connectivity index (χ1) is 12.2. The Morgan fingerprint density at radius 3 is 2.44 bits per heavy atom. The number of aromatic nitrogens is 1. The van der Waals surface area contributed by atoms with Gasteiger partial charge >= 0.3 is 5.97 Å². The molecule has 0 N–H and O–H groups in total. The van der Waals surface area contributed by atoms with E-state index < -0.39 is 11.9 Å². The second-order valence-corrected chi connectivity index (χ2v) is 6.05. The van der Waals surface area contributed by atoms with E-state index in [-0.39, 0.29) is 11.8 Å². The molecule has 2 heterocycles. The van der Waals surface area contributed by atoms with E-state index in [0.29, 0.717) is 0 Å². The zero-order chi connectivity index (χ0) is 17.6. The molecule has 3 aromatic rings. The Labute approximate surface area is 144 Å². The van der Waals surface area contributed by atoms with Gasteiger partial charge < -0.3 is 9.47 Å². The summed E-state index contributed by atoms with van der Waals surface area (Å²) in [5.41, 5.74) is 2.50. The van der Waals surface area contributed by atoms with Crippen LogP contribution in [0.15, 0.2) is 54.6 Å². The van der Waals surface area contributed by atoms with E-state index in [1.54, 1.807) is 11.7 Å². The van der Waals surface area contributed by atoms with E-state index in [1.165, 1.54) is 7.11 Å². The summed E-state index contributed by atoms with van der Waals surface area (Å²) < 4.78 is 11.8. The number of esters is 1. The molecule has 4 rings (SSSR count). The van der Waals surface area contributed by atoms with E-state index in [2.05, 4.69) is 0 Å². The van der Waals surface area contributed by atoms with Crippen molar-refractivity contribution in [1.29, 1.82) is 0 Å². The molecule has 5 heteroatoms. The van der Waals surface area contributed by atoms with Gasteiger partial charge in [-0.05, 0) is 29.8 Å². The fourth-order valence-electron chi connectivity index (χ4n) is 3.64. The first-order valence-corrected chi connectivity index (χ1v) is 8.02. The van der Waals surface area contributed by atoms with Crippen molar-refractivity contribution in [3.05, 3.63) is 65.9 Å². The standard InChI is InChI=1S/C20H17NO4/c1-24-14-9-7-12(8-10-14)17-16-11-13-5-3-4-6-15(13)21(16)19(22)18(17)20(23)25-2/h3-11,17-18H,1-2H3/t17-,18+/m0/s1. The van der Waals surface area contributed by atoms with E-state index in [9.17, 15) is 9.59 Å². The van der Waals surface area contributed by atoms with Gasteiger partial charge in [0.15, 0.2) is 0 Å². The van der Waals surface area contributed by atoms with Gasteiger partial charge in [0.25, 0.3) is 0 Å². The van der Waals surface area contributed by atoms with Gasteiger partial charge in [0.2, 0.25) is 5.91 Å². The van der Waals surface area contributed by atoms with Gasteiger partial charge in [0.1, 0.15) is 11.7 Å². The number of carbonyl (C=O) groups is 2. The molecule has 0 fully saturated rings. The first-order valence-electron chi connectivity index (χ1n) is 8.02. The maximum Gasteiger partial charge on any atom is 0.319 e. The van der Waals surface area contributed by atoms with Crippen molar-refractivity contribution < 1.29 is 19.1 Å². The normalized spacial score (nSPS) is 19.0. The molecule has 1 aromatic heterocycles. The molecule has 2 atom stereocenters. The SMILES string of the molecule is COC(=O)[C@H]1C(=O)n2c(cc3ccccc32)[C@@H]1c1ccc(OC)cc1. The molecular formula is C20H17NO4. The van der Waals surface area contributed by atoms with Gasteiger partial charge in [-0.1, -0.05) is 30.3 Å². The lowest BCUT2D eigenvalue weighted by molar-refractivity contribution is -0.143. The maximum atomic E-state index is 13.0. The average Bonchev–Trinajstić information content (AvgIpc) is 3.16. The van der Waals surface area contributed by atoms with Crippen molar-refractivity contribution in [1.82, 2.24) is 4.57 Å². The third-order valence-corrected chi connectivity index (χ3v) is 4.81. The smallest absolute Gasteiger partial charge is 0.319 e. The Morgan fingerprint density at radius 1 is 1.04 bits per heavy atom. The van der Waals surface area contributed by atoms with Crippen LogP contribution in [0.2, 0.25) is 0 Å². The monoisotopic (exact) mass is 335 g/mol. The van der Waals surface area contributed by atoms with Crippen molar-refractivity contribution >= 4 is 22.8 Å². The van der Waals surface area contributed by atoms with Crippen LogP contribution in [0.4, 0.5) is 0 Å². The molecule has 126 valence electrons. The number of methoxy groups -OCH3 is 2. The number of ether oxygens (including phenoxy) is 2. The molecule has 2 aromatic carbocycles. The van der Waals surface area contributed by atoms with Gasteiger partial charge in [-0.25, -0.2) is 0 Å². The molecule has 0 unspecified atom stereocenters. The Kier molecular flexibility index (Phi) is 3.57. The third-order valence-electron chi connectivity index (χ3n) is 4.81. The lowest BCUT2D eigenvalue weighted by atomic mass is 9.85. The number of fused-ring (bicyclic) bond motifs is 3. The Balaban J connectivity index is 1.92. The summed E-state index contributed by atoms with van der Waals surface area (Å²) in [4.78, 5) is 25.4. The number of hydrogen-bond donors (Lipinski definition) is 0. The Bertz CT molecular complexity index is 971. The van der Waals surface area contributed by atoms with Crippen LogP contribution in [0.5, 0.6) is 5.75 Å². The molecule has 0 spiro atoms. The molecule has 0 radical (unpaired) electrons.